The van der Waals surface area contributed by atoms with Crippen molar-refractivity contribution in [3.63, 3.8) is 0 Å². The van der Waals surface area contributed by atoms with Crippen molar-refractivity contribution in [3.05, 3.63) is 90.0 Å². The third-order valence-electron chi connectivity index (χ3n) is 5.23. The van der Waals surface area contributed by atoms with Gasteiger partial charge in [0.2, 0.25) is 0 Å². The molecule has 0 aliphatic carbocycles. The predicted molar refractivity (Wildman–Crippen MR) is 119 cm³/mol. The highest BCUT2D eigenvalue weighted by molar-refractivity contribution is 6.21. The lowest BCUT2D eigenvalue weighted by Gasteiger charge is -2.14. The number of hydrogen-bond donors (Lipinski definition) is 0. The van der Waals surface area contributed by atoms with Gasteiger partial charge in [0.05, 0.1) is 17.7 Å². The summed E-state index contributed by atoms with van der Waals surface area (Å²) in [6.07, 6.45) is 1.09. The molecule has 3 aromatic carbocycles. The molecule has 1 aliphatic rings. The van der Waals surface area contributed by atoms with Crippen molar-refractivity contribution >= 4 is 17.8 Å². The highest BCUT2D eigenvalue weighted by Crippen LogP contribution is 2.29. The Bertz CT molecular complexity index is 1090. The number of fused-ring (bicyclic) bond motifs is 1. The average Bonchev–Trinajstić information content (AvgIpc) is 3.08. The minimum atomic E-state index is -0.464. The van der Waals surface area contributed by atoms with Gasteiger partial charge in [-0.25, -0.2) is 4.79 Å². The topological polar surface area (TPSA) is 72.9 Å². The number of benzene rings is 3. The smallest absolute Gasteiger partial charge is 0.344 e. The molecule has 0 saturated heterocycles. The number of hydrogen-bond acceptors (Lipinski definition) is 5. The summed E-state index contributed by atoms with van der Waals surface area (Å²) in [6.45, 7) is 0.304. The Labute approximate surface area is 186 Å². The molecule has 0 fully saturated rings. The Morgan fingerprint density at radius 1 is 0.719 bits per heavy atom. The van der Waals surface area contributed by atoms with Gasteiger partial charge in [0.15, 0.2) is 6.61 Å². The molecule has 0 aromatic heterocycles. The van der Waals surface area contributed by atoms with Gasteiger partial charge in [-0.2, -0.15) is 0 Å². The molecule has 0 spiro atoms. The zero-order chi connectivity index (χ0) is 22.3. The molecule has 0 N–H and O–H groups in total. The van der Waals surface area contributed by atoms with Gasteiger partial charge < -0.3 is 9.47 Å². The first-order valence-electron chi connectivity index (χ1n) is 10.5. The largest absolute Gasteiger partial charge is 0.481 e. The van der Waals surface area contributed by atoms with E-state index < -0.39 is 5.97 Å². The van der Waals surface area contributed by atoms with Crippen LogP contribution < -0.4 is 4.74 Å². The van der Waals surface area contributed by atoms with Gasteiger partial charge in [0.25, 0.3) is 11.8 Å². The number of para-hydroxylation sites is 1. The van der Waals surface area contributed by atoms with Crippen molar-refractivity contribution in [2.45, 2.75) is 12.8 Å². The maximum absolute atomic E-state index is 12.3. The summed E-state index contributed by atoms with van der Waals surface area (Å²) in [5.41, 5.74) is 2.79. The number of carbonyl (C=O) groups excluding carboxylic acids is 3. The first-order chi connectivity index (χ1) is 15.6. The molecule has 2 amide bonds. The van der Waals surface area contributed by atoms with Crippen LogP contribution in [0.3, 0.4) is 0 Å². The maximum atomic E-state index is 12.3. The van der Waals surface area contributed by atoms with Crippen LogP contribution in [0.15, 0.2) is 78.9 Å². The summed E-state index contributed by atoms with van der Waals surface area (Å²) in [5, 5.41) is 0. The van der Waals surface area contributed by atoms with Crippen LogP contribution >= 0.6 is 0 Å². The number of nitrogens with zero attached hydrogens (tertiary/aromatic N) is 1. The average molecular weight is 429 g/mol. The van der Waals surface area contributed by atoms with E-state index in [1.165, 1.54) is 4.90 Å². The molecular weight excluding hydrogens is 406 g/mol. The summed E-state index contributed by atoms with van der Waals surface area (Å²) in [5.74, 6) is -0.393. The van der Waals surface area contributed by atoms with Crippen molar-refractivity contribution in [1.82, 2.24) is 4.90 Å². The van der Waals surface area contributed by atoms with Crippen LogP contribution in [0.4, 0.5) is 0 Å². The molecule has 6 heteroatoms. The number of ether oxygens (including phenoxy) is 2. The van der Waals surface area contributed by atoms with E-state index in [1.54, 1.807) is 24.3 Å². The standard InChI is InChI=1S/C26H23NO5/c28-24(18-32-23-15-7-6-12-20(23)19-10-2-1-3-11-19)31-17-9-8-16-27-25(29)21-13-4-5-14-22(21)26(27)30/h1-7,10-15H,8-9,16-18H2. The van der Waals surface area contributed by atoms with Crippen molar-refractivity contribution in [2.24, 2.45) is 0 Å². The second-order valence-electron chi connectivity index (χ2n) is 7.39. The van der Waals surface area contributed by atoms with E-state index in [9.17, 15) is 14.4 Å². The summed E-state index contributed by atoms with van der Waals surface area (Å²) in [6, 6.07) is 24.1. The molecule has 1 aliphatic heterocycles. The van der Waals surface area contributed by atoms with Gasteiger partial charge in [-0.1, -0.05) is 60.7 Å². The van der Waals surface area contributed by atoms with E-state index in [0.717, 1.165) is 11.1 Å². The van der Waals surface area contributed by atoms with Crippen molar-refractivity contribution < 1.29 is 23.9 Å². The number of amides is 2. The quantitative estimate of drug-likeness (QED) is 0.287. The molecule has 6 nitrogen and oxygen atoms in total. The Balaban J connectivity index is 1.20. The molecule has 0 saturated carbocycles. The van der Waals surface area contributed by atoms with E-state index in [0.29, 0.717) is 36.3 Å². The highest BCUT2D eigenvalue weighted by Gasteiger charge is 2.34. The van der Waals surface area contributed by atoms with Crippen molar-refractivity contribution in [2.75, 3.05) is 19.8 Å². The fourth-order valence-corrected chi connectivity index (χ4v) is 3.63. The fraction of sp³-hybridized carbons (Fsp3) is 0.192. The van der Waals surface area contributed by atoms with Crippen molar-refractivity contribution in [3.8, 4) is 16.9 Å². The molecular formula is C26H23NO5. The summed E-state index contributed by atoms with van der Waals surface area (Å²) in [7, 11) is 0. The molecule has 3 aromatic rings. The van der Waals surface area contributed by atoms with Crippen LogP contribution in [-0.2, 0) is 9.53 Å². The van der Waals surface area contributed by atoms with Gasteiger partial charge in [0, 0.05) is 12.1 Å². The van der Waals surface area contributed by atoms with E-state index in [4.69, 9.17) is 9.47 Å². The second-order valence-corrected chi connectivity index (χ2v) is 7.39. The minimum absolute atomic E-state index is 0.192. The Morgan fingerprint density at radius 3 is 2.00 bits per heavy atom. The zero-order valence-corrected chi connectivity index (χ0v) is 17.5. The lowest BCUT2D eigenvalue weighted by atomic mass is 10.1. The number of carbonyl (C=O) groups is 3. The van der Waals surface area contributed by atoms with Crippen LogP contribution in [-0.4, -0.2) is 42.4 Å². The molecule has 0 atom stereocenters. The van der Waals surface area contributed by atoms with Crippen LogP contribution in [0.5, 0.6) is 5.75 Å². The lowest BCUT2D eigenvalue weighted by molar-refractivity contribution is -0.146. The molecule has 162 valence electrons. The third kappa shape index (κ3) is 4.70. The van der Waals surface area contributed by atoms with Crippen LogP contribution in [0.25, 0.3) is 11.1 Å². The Hall–Kier alpha value is -3.93. The van der Waals surface area contributed by atoms with Gasteiger partial charge >= 0.3 is 5.97 Å². The van der Waals surface area contributed by atoms with Crippen LogP contribution in [0.2, 0.25) is 0 Å². The van der Waals surface area contributed by atoms with Crippen molar-refractivity contribution in [1.29, 1.82) is 0 Å². The maximum Gasteiger partial charge on any atom is 0.344 e. The number of esters is 1. The SMILES string of the molecule is O=C(COc1ccccc1-c1ccccc1)OCCCCN1C(=O)c2ccccc2C1=O. The van der Waals surface area contributed by atoms with E-state index >= 15 is 0 Å². The van der Waals surface area contributed by atoms with E-state index in [-0.39, 0.29) is 25.0 Å². The molecule has 0 unspecified atom stereocenters. The summed E-state index contributed by atoms with van der Waals surface area (Å²) >= 11 is 0. The molecule has 32 heavy (non-hydrogen) atoms. The number of unbranched alkanes of at least 4 members (excludes halogenated alkanes) is 1. The van der Waals surface area contributed by atoms with Gasteiger partial charge in [0.1, 0.15) is 5.75 Å². The van der Waals surface area contributed by atoms with E-state index in [1.807, 2.05) is 54.6 Å². The fourth-order valence-electron chi connectivity index (χ4n) is 3.63. The molecule has 4 rings (SSSR count). The Kier molecular flexibility index (Phi) is 6.60. The van der Waals surface area contributed by atoms with Gasteiger partial charge in [-0.05, 0) is 36.6 Å². The number of imide groups is 1. The molecule has 0 bridgehead atoms. The molecule has 0 radical (unpaired) electrons. The second kappa shape index (κ2) is 9.92. The third-order valence-corrected chi connectivity index (χ3v) is 5.23. The normalized spacial score (nSPS) is 12.6. The van der Waals surface area contributed by atoms with Crippen LogP contribution in [0, 0.1) is 0 Å². The zero-order valence-electron chi connectivity index (χ0n) is 17.5. The molecule has 1 heterocycles. The first-order valence-corrected chi connectivity index (χ1v) is 10.5. The van der Waals surface area contributed by atoms with Gasteiger partial charge in [-0.15, -0.1) is 0 Å². The van der Waals surface area contributed by atoms with Crippen LogP contribution in [0.1, 0.15) is 33.6 Å². The minimum Gasteiger partial charge on any atom is -0.481 e. The van der Waals surface area contributed by atoms with E-state index in [2.05, 4.69) is 0 Å². The highest BCUT2D eigenvalue weighted by atomic mass is 16.6. The predicted octanol–water partition coefficient (Wildman–Crippen LogP) is 4.35. The first kappa shape index (κ1) is 21.3. The Morgan fingerprint density at radius 2 is 1.31 bits per heavy atom. The number of rotatable bonds is 9. The monoisotopic (exact) mass is 429 g/mol. The summed E-state index contributed by atoms with van der Waals surface area (Å²) in [4.78, 5) is 38.0. The summed E-state index contributed by atoms with van der Waals surface area (Å²) < 4.78 is 10.9. The van der Waals surface area contributed by atoms with Gasteiger partial charge in [-0.3, -0.25) is 14.5 Å². The lowest BCUT2D eigenvalue weighted by Crippen LogP contribution is -2.30.